The molecule has 4 aliphatic heterocycles. The van der Waals surface area contributed by atoms with E-state index in [2.05, 4.69) is 57.3 Å². The minimum atomic E-state index is -0.564. The van der Waals surface area contributed by atoms with E-state index in [0.29, 0.717) is 66.1 Å². The zero-order chi connectivity index (χ0) is 45.6. The molecule has 17 nitrogen and oxygen atoms in total. The van der Waals surface area contributed by atoms with Crippen LogP contribution in [0.5, 0.6) is 0 Å². The van der Waals surface area contributed by atoms with Gasteiger partial charge in [0, 0.05) is 87.5 Å². The van der Waals surface area contributed by atoms with Crippen LogP contribution in [0.4, 0.5) is 26.0 Å². The topological polar surface area (TPSA) is 178 Å². The molecule has 0 spiro atoms. The molecule has 2 bridgehead atoms. The number of pyridine rings is 2. The van der Waals surface area contributed by atoms with Gasteiger partial charge in [0.05, 0.1) is 78.9 Å². The molecule has 5 aliphatic rings. The highest BCUT2D eigenvalue weighted by atomic mass is 19.1. The molecule has 3 atom stereocenters. The van der Waals surface area contributed by atoms with Crippen LogP contribution in [0, 0.1) is 23.0 Å². The SMILES string of the molecule is N#Cc1cnn2cc(-c3cnn(C4CCC(N5CCN(c6ccc(NC7CCC(=O)NC7=O)cc6F)CC5)CC4)c3)nc(-c3ccc(N4C[C@H]5COC[C@@H](C4)N5Cc4ccc(F)cn4)nc3)c12. The summed E-state index contributed by atoms with van der Waals surface area (Å²) in [7, 11) is 0. The lowest BCUT2D eigenvalue weighted by Crippen LogP contribution is -2.64. The van der Waals surface area contributed by atoms with Crippen LogP contribution in [0.1, 0.15) is 55.8 Å². The van der Waals surface area contributed by atoms with E-state index in [9.17, 15) is 19.2 Å². The number of anilines is 3. The zero-order valence-electron chi connectivity index (χ0n) is 36.8. The van der Waals surface area contributed by atoms with E-state index in [1.807, 2.05) is 30.7 Å². The average molecular weight is 909 g/mol. The average Bonchev–Trinajstić information content (AvgIpc) is 4.02. The van der Waals surface area contributed by atoms with E-state index in [1.54, 1.807) is 28.9 Å². The van der Waals surface area contributed by atoms with E-state index < -0.39 is 6.04 Å². The number of hydrogen-bond donors (Lipinski definition) is 2. The van der Waals surface area contributed by atoms with Gasteiger partial charge in [-0.2, -0.15) is 15.5 Å². The third kappa shape index (κ3) is 8.67. The second kappa shape index (κ2) is 18.1. The van der Waals surface area contributed by atoms with Crippen LogP contribution >= 0.6 is 0 Å². The molecular weight excluding hydrogens is 859 g/mol. The summed E-state index contributed by atoms with van der Waals surface area (Å²) in [6.45, 7) is 6.39. The lowest BCUT2D eigenvalue weighted by molar-refractivity contribution is -0.133. The first-order valence-corrected chi connectivity index (χ1v) is 23.1. The third-order valence-electron chi connectivity index (χ3n) is 14.2. The van der Waals surface area contributed by atoms with Crippen LogP contribution in [0.15, 0.2) is 79.6 Å². The maximum atomic E-state index is 15.4. The van der Waals surface area contributed by atoms with Crippen molar-refractivity contribution in [2.24, 2.45) is 0 Å². The van der Waals surface area contributed by atoms with Gasteiger partial charge in [0.1, 0.15) is 40.6 Å². The first-order valence-electron chi connectivity index (χ1n) is 23.1. The number of hydrogen-bond acceptors (Lipinski definition) is 14. The lowest BCUT2D eigenvalue weighted by Gasteiger charge is -2.50. The van der Waals surface area contributed by atoms with Gasteiger partial charge < -0.3 is 19.9 Å². The Morgan fingerprint density at radius 1 is 0.806 bits per heavy atom. The van der Waals surface area contributed by atoms with Gasteiger partial charge in [-0.15, -0.1) is 0 Å². The molecule has 5 aromatic heterocycles. The highest BCUT2D eigenvalue weighted by Gasteiger charge is 2.39. The number of rotatable bonds is 10. The molecule has 1 unspecified atom stereocenters. The van der Waals surface area contributed by atoms with Gasteiger partial charge in [-0.05, 0) is 74.6 Å². The molecule has 344 valence electrons. The fourth-order valence-corrected chi connectivity index (χ4v) is 10.6. The van der Waals surface area contributed by atoms with Crippen molar-refractivity contribution in [2.45, 2.75) is 75.3 Å². The van der Waals surface area contributed by atoms with Crippen molar-refractivity contribution in [3.05, 3.63) is 103 Å². The van der Waals surface area contributed by atoms with Crippen LogP contribution in [-0.4, -0.2) is 133 Å². The number of halogens is 2. The number of piperazine rings is 2. The summed E-state index contributed by atoms with van der Waals surface area (Å²) in [4.78, 5) is 47.4. The minimum absolute atomic E-state index is 0.131. The van der Waals surface area contributed by atoms with Crippen LogP contribution in [-0.2, 0) is 20.9 Å². The normalized spacial score (nSPS) is 23.9. The molecule has 6 aromatic rings. The zero-order valence-corrected chi connectivity index (χ0v) is 36.8. The van der Waals surface area contributed by atoms with Crippen molar-refractivity contribution >= 4 is 34.5 Å². The van der Waals surface area contributed by atoms with Crippen molar-refractivity contribution in [3.8, 4) is 28.6 Å². The Morgan fingerprint density at radius 2 is 1.61 bits per heavy atom. The molecule has 11 rings (SSSR count). The molecule has 1 aromatic carbocycles. The van der Waals surface area contributed by atoms with E-state index >= 15 is 4.39 Å². The Labute approximate surface area is 385 Å². The summed E-state index contributed by atoms with van der Waals surface area (Å²) >= 11 is 0. The predicted octanol–water partition coefficient (Wildman–Crippen LogP) is 4.81. The van der Waals surface area contributed by atoms with Crippen LogP contribution in [0.25, 0.3) is 28.0 Å². The standard InChI is InChI=1S/C48H50F2N14O3/c49-33-2-3-35(52-22-33)24-62-38-25-61(26-39(62)29-67-28-38)44-11-1-30(19-53-44)46-47-31(18-51)20-55-64(47)27-42(57-46)32-21-54-63(23-32)37-7-5-36(6-8-37)59-13-15-60(16-14-59)43-10-4-34(17-40(43)50)56-41-9-12-45(65)58-48(41)66/h1-4,10-11,17,19-23,27,36-39,41,56H,5-9,12-16,24-26,28-29H2,(H,58,65,66)/t36?,37?,38-,39+,41?. The largest absolute Gasteiger partial charge is 0.378 e. The van der Waals surface area contributed by atoms with E-state index in [0.717, 1.165) is 87.6 Å². The Hall–Kier alpha value is -6.88. The number of fused-ring (bicyclic) bond motifs is 3. The highest BCUT2D eigenvalue weighted by molar-refractivity contribution is 6.01. The van der Waals surface area contributed by atoms with Crippen LogP contribution < -0.4 is 20.4 Å². The molecule has 0 radical (unpaired) electrons. The number of piperidine rings is 1. The third-order valence-corrected chi connectivity index (χ3v) is 14.2. The number of imide groups is 1. The molecule has 19 heteroatoms. The summed E-state index contributed by atoms with van der Waals surface area (Å²) < 4.78 is 38.6. The monoisotopic (exact) mass is 908 g/mol. The minimum Gasteiger partial charge on any atom is -0.378 e. The first kappa shape index (κ1) is 42.7. The number of nitrogens with one attached hydrogen (secondary N) is 2. The van der Waals surface area contributed by atoms with E-state index in [4.69, 9.17) is 19.8 Å². The number of ether oxygens (including phenoxy) is 1. The Balaban J connectivity index is 0.721. The summed E-state index contributed by atoms with van der Waals surface area (Å²) in [5.41, 5.74) is 5.87. The fourth-order valence-electron chi connectivity index (χ4n) is 10.6. The Morgan fingerprint density at radius 3 is 2.33 bits per heavy atom. The van der Waals surface area contributed by atoms with Crippen molar-refractivity contribution in [1.82, 2.24) is 49.5 Å². The number of carbonyl (C=O) groups is 2. The van der Waals surface area contributed by atoms with Gasteiger partial charge in [0.25, 0.3) is 0 Å². The number of morpholine rings is 1. The number of carbonyl (C=O) groups excluding carboxylic acids is 2. The van der Waals surface area contributed by atoms with Gasteiger partial charge in [0.2, 0.25) is 11.8 Å². The van der Waals surface area contributed by atoms with Crippen molar-refractivity contribution in [3.63, 3.8) is 0 Å². The maximum absolute atomic E-state index is 15.4. The van der Waals surface area contributed by atoms with E-state index in [1.165, 1.54) is 18.3 Å². The van der Waals surface area contributed by atoms with E-state index in [-0.39, 0.29) is 48.0 Å². The van der Waals surface area contributed by atoms with Gasteiger partial charge in [-0.25, -0.2) is 23.3 Å². The Bertz CT molecular complexity index is 2820. The van der Waals surface area contributed by atoms with Gasteiger partial charge >= 0.3 is 0 Å². The molecule has 2 N–H and O–H groups in total. The van der Waals surface area contributed by atoms with Crippen LogP contribution in [0.2, 0.25) is 0 Å². The second-order valence-electron chi connectivity index (χ2n) is 18.2. The van der Waals surface area contributed by atoms with Crippen molar-refractivity contribution in [2.75, 3.05) is 67.6 Å². The number of amides is 2. The fraction of sp³-hybridized carbons (Fsp3) is 0.417. The molecular formula is C48H50F2N14O3. The molecule has 9 heterocycles. The van der Waals surface area contributed by atoms with Gasteiger partial charge in [0.15, 0.2) is 0 Å². The predicted molar refractivity (Wildman–Crippen MR) is 244 cm³/mol. The molecule has 5 fully saturated rings. The number of benzene rings is 1. The molecule has 1 aliphatic carbocycles. The summed E-state index contributed by atoms with van der Waals surface area (Å²) in [5.74, 6) is -0.500. The van der Waals surface area contributed by atoms with Gasteiger partial charge in [-0.1, -0.05) is 0 Å². The second-order valence-corrected chi connectivity index (χ2v) is 18.2. The Kier molecular flexibility index (Phi) is 11.5. The highest BCUT2D eigenvalue weighted by Crippen LogP contribution is 2.35. The molecule has 4 saturated heterocycles. The molecule has 2 amide bonds. The number of nitriles is 1. The number of aromatic nitrogens is 7. The number of nitrogens with zero attached hydrogens (tertiary/aromatic N) is 12. The van der Waals surface area contributed by atoms with Crippen molar-refractivity contribution < 1.29 is 23.1 Å². The lowest BCUT2D eigenvalue weighted by atomic mass is 9.90. The van der Waals surface area contributed by atoms with Crippen LogP contribution in [0.3, 0.4) is 0 Å². The van der Waals surface area contributed by atoms with Crippen molar-refractivity contribution in [1.29, 1.82) is 5.26 Å². The quantitative estimate of drug-likeness (QED) is 0.179. The summed E-state index contributed by atoms with van der Waals surface area (Å²) in [6.07, 6.45) is 15.1. The smallest absolute Gasteiger partial charge is 0.249 e. The summed E-state index contributed by atoms with van der Waals surface area (Å²) in [6, 6.07) is 14.9. The van der Waals surface area contributed by atoms with Gasteiger partial charge in [-0.3, -0.25) is 34.4 Å². The first-order chi connectivity index (χ1) is 32.7. The summed E-state index contributed by atoms with van der Waals surface area (Å²) in [5, 5.41) is 24.8. The maximum Gasteiger partial charge on any atom is 0.249 e. The molecule has 1 saturated carbocycles. The molecule has 67 heavy (non-hydrogen) atoms.